The molecule has 0 aliphatic carbocycles. The molecule has 1 amide bonds. The Bertz CT molecular complexity index is 226. The molecule has 0 aromatic heterocycles. The Morgan fingerprint density at radius 2 is 1.67 bits per heavy atom. The summed E-state index contributed by atoms with van der Waals surface area (Å²) in [5.74, 6) is -1.66. The molecule has 0 aliphatic heterocycles. The monoisotopic (exact) mass is 220 g/mol. The van der Waals surface area contributed by atoms with Crippen LogP contribution in [-0.4, -0.2) is 35.8 Å². The lowest BCUT2D eigenvalue weighted by molar-refractivity contribution is -0.116. The van der Waals surface area contributed by atoms with Crippen LogP contribution < -0.4 is 5.73 Å². The third-order valence-corrected chi connectivity index (χ3v) is 4.54. The quantitative estimate of drug-likeness (QED) is 0.292. The van der Waals surface area contributed by atoms with Crippen molar-refractivity contribution >= 4 is 21.4 Å². The largest absolute Gasteiger partial charge is 0.429 e. The Hall–Kier alpha value is -0.0700. The van der Waals surface area contributed by atoms with Gasteiger partial charge in [0, 0.05) is 0 Å². The Morgan fingerprint density at radius 1 is 1.33 bits per heavy atom. The first-order valence-corrected chi connectivity index (χ1v) is 5.88. The summed E-state index contributed by atoms with van der Waals surface area (Å²) < 4.78 is 10.4. The van der Waals surface area contributed by atoms with Gasteiger partial charge in [-0.05, 0) is 0 Å². The van der Waals surface area contributed by atoms with Gasteiger partial charge in [-0.25, -0.2) is 0 Å². The van der Waals surface area contributed by atoms with Crippen molar-refractivity contribution in [2.75, 3.05) is 0 Å². The minimum absolute atomic E-state index is 1.66. The Morgan fingerprint density at radius 3 is 1.67 bits per heavy atom. The van der Waals surface area contributed by atoms with E-state index in [0.29, 0.717) is 0 Å². The molecule has 1 unspecified atom stereocenters. The molecule has 12 heavy (non-hydrogen) atoms. The van der Waals surface area contributed by atoms with Crippen LogP contribution in [0.25, 0.3) is 0 Å². The molecule has 0 aromatic rings. The molecule has 0 heterocycles. The molecular formula is C2H8NO7P2+. The lowest BCUT2D eigenvalue weighted by Crippen LogP contribution is -2.30. The fraction of sp³-hybridized carbons (Fsp3) is 0.500. The van der Waals surface area contributed by atoms with E-state index in [9.17, 15) is 9.36 Å². The van der Waals surface area contributed by atoms with Crippen LogP contribution in [0.2, 0.25) is 0 Å². The summed E-state index contributed by atoms with van der Waals surface area (Å²) in [5, 5.41) is -2.63. The lowest BCUT2D eigenvalue weighted by atomic mass is 10.7. The highest BCUT2D eigenvalue weighted by molar-refractivity contribution is 7.75. The summed E-state index contributed by atoms with van der Waals surface area (Å²) in [4.78, 5) is 52.2. The average molecular weight is 220 g/mol. The van der Waals surface area contributed by atoms with E-state index in [1.165, 1.54) is 0 Å². The van der Waals surface area contributed by atoms with Crippen molar-refractivity contribution < 1.29 is 33.8 Å². The summed E-state index contributed by atoms with van der Waals surface area (Å²) in [6.07, 6.45) is 0. The van der Waals surface area contributed by atoms with Gasteiger partial charge >= 0.3 is 20.9 Å². The van der Waals surface area contributed by atoms with Crippen molar-refractivity contribution in [3.63, 3.8) is 0 Å². The number of primary amides is 1. The fourth-order valence-electron chi connectivity index (χ4n) is 0.538. The van der Waals surface area contributed by atoms with Crippen LogP contribution >= 0.6 is 15.5 Å². The number of hydrogen-bond donors (Lipinski definition) is 6. The van der Waals surface area contributed by atoms with Gasteiger partial charge in [0.1, 0.15) is 0 Å². The van der Waals surface area contributed by atoms with Gasteiger partial charge in [0.25, 0.3) is 5.91 Å². The molecule has 1 atom stereocenters. The Labute approximate surface area is 67.4 Å². The van der Waals surface area contributed by atoms with Gasteiger partial charge < -0.3 is 15.5 Å². The van der Waals surface area contributed by atoms with Crippen LogP contribution in [0.5, 0.6) is 0 Å². The first-order chi connectivity index (χ1) is 5.07. The first kappa shape index (κ1) is 11.9. The highest BCUT2D eigenvalue weighted by Crippen LogP contribution is 2.64. The smallest absolute Gasteiger partial charge is 0.365 e. The molecule has 0 saturated carbocycles. The first-order valence-electron chi connectivity index (χ1n) is 2.48. The van der Waals surface area contributed by atoms with Crippen LogP contribution in [0.1, 0.15) is 0 Å². The van der Waals surface area contributed by atoms with Crippen molar-refractivity contribution in [1.29, 1.82) is 0 Å². The minimum Gasteiger partial charge on any atom is -0.365 e. The molecule has 0 aromatic carbocycles. The van der Waals surface area contributed by atoms with Crippen LogP contribution in [0.3, 0.4) is 0 Å². The van der Waals surface area contributed by atoms with Gasteiger partial charge in [-0.2, -0.15) is 14.7 Å². The third kappa shape index (κ3) is 3.12. The van der Waals surface area contributed by atoms with E-state index in [4.69, 9.17) is 24.5 Å². The normalized spacial score (nSPS) is 15.8. The van der Waals surface area contributed by atoms with E-state index in [2.05, 4.69) is 5.73 Å². The molecule has 0 saturated heterocycles. The molecule has 0 aliphatic rings. The van der Waals surface area contributed by atoms with Crippen molar-refractivity contribution in [2.45, 2.75) is 5.40 Å². The van der Waals surface area contributed by atoms with E-state index in [-0.39, 0.29) is 0 Å². The summed E-state index contributed by atoms with van der Waals surface area (Å²) in [5.41, 5.74) is 4.43. The number of rotatable bonds is 3. The molecular weight excluding hydrogens is 212 g/mol. The molecule has 72 valence electrons. The molecule has 8 nitrogen and oxygen atoms in total. The summed E-state index contributed by atoms with van der Waals surface area (Å²) in [6, 6.07) is 0. The maximum atomic E-state index is 10.4. The van der Waals surface area contributed by atoms with Gasteiger partial charge in [-0.1, -0.05) is 0 Å². The lowest BCUT2D eigenvalue weighted by Gasteiger charge is -2.14. The van der Waals surface area contributed by atoms with Crippen molar-refractivity contribution in [2.24, 2.45) is 5.73 Å². The van der Waals surface area contributed by atoms with E-state index >= 15 is 0 Å². The van der Waals surface area contributed by atoms with Gasteiger partial charge in [0.15, 0.2) is 0 Å². The number of carbonyl (C=O) groups excluding carboxylic acids is 1. The highest BCUT2D eigenvalue weighted by Gasteiger charge is 2.58. The molecule has 0 spiro atoms. The van der Waals surface area contributed by atoms with Crippen molar-refractivity contribution in [3.05, 3.63) is 0 Å². The Balaban J connectivity index is 4.96. The molecule has 10 heteroatoms. The second-order valence-electron chi connectivity index (χ2n) is 1.98. The van der Waals surface area contributed by atoms with Gasteiger partial charge in [-0.3, -0.25) is 9.36 Å². The zero-order valence-corrected chi connectivity index (χ0v) is 7.39. The van der Waals surface area contributed by atoms with E-state index in [0.717, 1.165) is 0 Å². The fourth-order valence-corrected chi connectivity index (χ4v) is 2.83. The molecule has 0 radical (unpaired) electrons. The predicted molar refractivity (Wildman–Crippen MR) is 38.6 cm³/mol. The van der Waals surface area contributed by atoms with Crippen LogP contribution in [-0.2, 0) is 9.36 Å². The Kier molecular flexibility index (Phi) is 3.33. The standard InChI is InChI=1S/C2H7NO7P2/c3-1(4)2(11(5,6)7)12(8,9)10/h2,5-7H,(H3-,3,4,8,9,10)/p+1. The third-order valence-electron chi connectivity index (χ3n) is 0.901. The van der Waals surface area contributed by atoms with Gasteiger partial charge in [0.2, 0.25) is 0 Å². The molecule has 0 rings (SSSR count). The van der Waals surface area contributed by atoms with Crippen LogP contribution in [0.15, 0.2) is 0 Å². The highest BCUT2D eigenvalue weighted by atomic mass is 31.3. The minimum atomic E-state index is -5.13. The number of amides is 1. The second-order valence-corrected chi connectivity index (χ2v) is 5.83. The van der Waals surface area contributed by atoms with Crippen LogP contribution in [0, 0.1) is 0 Å². The van der Waals surface area contributed by atoms with E-state index in [1.54, 1.807) is 0 Å². The molecule has 0 bridgehead atoms. The average Bonchev–Trinajstić information content (AvgIpc) is 1.49. The van der Waals surface area contributed by atoms with Crippen molar-refractivity contribution in [1.82, 2.24) is 0 Å². The van der Waals surface area contributed by atoms with E-state index < -0.39 is 26.8 Å². The summed E-state index contributed by atoms with van der Waals surface area (Å²) in [6.45, 7) is 0. The topological polar surface area (TPSA) is 161 Å². The predicted octanol–water partition coefficient (Wildman–Crippen LogP) is -2.29. The number of nitrogens with two attached hydrogens (primary N) is 1. The van der Waals surface area contributed by atoms with E-state index in [1.807, 2.05) is 0 Å². The number of carbonyl (C=O) groups is 1. The molecule has 0 fully saturated rings. The summed E-state index contributed by atoms with van der Waals surface area (Å²) >= 11 is 0. The van der Waals surface area contributed by atoms with Gasteiger partial charge in [0.05, 0.1) is 0 Å². The SMILES string of the molecule is NC(=O)C(P(=O)(O)O)[P+](O)(O)O. The van der Waals surface area contributed by atoms with Gasteiger partial charge in [-0.15, -0.1) is 0 Å². The maximum absolute atomic E-state index is 10.4. The van der Waals surface area contributed by atoms with Crippen LogP contribution in [0.4, 0.5) is 0 Å². The second kappa shape index (κ2) is 3.35. The molecule has 7 N–H and O–H groups in total. The van der Waals surface area contributed by atoms with Crippen molar-refractivity contribution in [3.8, 4) is 0 Å². The zero-order chi connectivity index (χ0) is 10.2. The maximum Gasteiger partial charge on any atom is 0.429 e. The zero-order valence-electron chi connectivity index (χ0n) is 5.60. The number of hydrogen-bond acceptors (Lipinski definition) is 5. The summed E-state index contributed by atoms with van der Waals surface area (Å²) in [7, 11) is -10.1.